The standard InChI is InChI=1S/C8H9N3/c1-2-7-6-9-8-4-3-5-11(8)10-7/h3-6H,2H2,1H3. The maximum Gasteiger partial charge on any atom is 0.153 e. The van der Waals surface area contributed by atoms with Gasteiger partial charge in [0.25, 0.3) is 0 Å². The van der Waals surface area contributed by atoms with E-state index < -0.39 is 0 Å². The van der Waals surface area contributed by atoms with Crippen molar-refractivity contribution in [2.75, 3.05) is 0 Å². The topological polar surface area (TPSA) is 30.2 Å². The molecule has 0 aromatic carbocycles. The van der Waals surface area contributed by atoms with Crippen molar-refractivity contribution < 1.29 is 0 Å². The normalized spacial score (nSPS) is 10.6. The lowest BCUT2D eigenvalue weighted by Crippen LogP contribution is -1.96. The third-order valence-electron chi connectivity index (χ3n) is 1.65. The molecule has 0 saturated carbocycles. The molecule has 0 atom stereocenters. The highest BCUT2D eigenvalue weighted by molar-refractivity contribution is 5.36. The predicted octanol–water partition coefficient (Wildman–Crippen LogP) is 1.29. The number of rotatable bonds is 1. The largest absolute Gasteiger partial charge is 0.235 e. The summed E-state index contributed by atoms with van der Waals surface area (Å²) in [6.45, 7) is 2.07. The molecule has 3 heteroatoms. The van der Waals surface area contributed by atoms with Gasteiger partial charge in [-0.2, -0.15) is 5.10 Å². The highest BCUT2D eigenvalue weighted by Gasteiger charge is 1.94. The Kier molecular flexibility index (Phi) is 1.35. The molecular weight excluding hydrogens is 138 g/mol. The highest BCUT2D eigenvalue weighted by Crippen LogP contribution is 1.99. The quantitative estimate of drug-likeness (QED) is 0.608. The molecule has 0 saturated heterocycles. The average molecular weight is 147 g/mol. The molecule has 2 heterocycles. The van der Waals surface area contributed by atoms with Crippen LogP contribution >= 0.6 is 0 Å². The minimum atomic E-state index is 0.905. The van der Waals surface area contributed by atoms with E-state index in [4.69, 9.17) is 0 Å². The summed E-state index contributed by atoms with van der Waals surface area (Å²) < 4.78 is 1.79. The smallest absolute Gasteiger partial charge is 0.153 e. The maximum atomic E-state index is 4.31. The van der Waals surface area contributed by atoms with Gasteiger partial charge in [0.2, 0.25) is 0 Å². The van der Waals surface area contributed by atoms with Gasteiger partial charge in [-0.1, -0.05) is 6.92 Å². The van der Waals surface area contributed by atoms with E-state index in [2.05, 4.69) is 17.0 Å². The summed E-state index contributed by atoms with van der Waals surface area (Å²) in [5, 5.41) is 4.31. The number of hydrogen-bond donors (Lipinski definition) is 0. The summed E-state index contributed by atoms with van der Waals surface area (Å²) in [4.78, 5) is 4.21. The van der Waals surface area contributed by atoms with Gasteiger partial charge >= 0.3 is 0 Å². The van der Waals surface area contributed by atoms with Crippen LogP contribution < -0.4 is 0 Å². The third kappa shape index (κ3) is 0.981. The fourth-order valence-electron chi connectivity index (χ4n) is 1.02. The molecule has 56 valence electrons. The van der Waals surface area contributed by atoms with Crippen molar-refractivity contribution in [1.29, 1.82) is 0 Å². The fourth-order valence-corrected chi connectivity index (χ4v) is 1.02. The Morgan fingerprint density at radius 2 is 2.45 bits per heavy atom. The first-order valence-corrected chi connectivity index (χ1v) is 3.69. The van der Waals surface area contributed by atoms with Gasteiger partial charge < -0.3 is 0 Å². The summed E-state index contributed by atoms with van der Waals surface area (Å²) in [5.74, 6) is 0. The minimum Gasteiger partial charge on any atom is -0.235 e. The van der Waals surface area contributed by atoms with Gasteiger partial charge in [0.1, 0.15) is 0 Å². The van der Waals surface area contributed by atoms with Crippen molar-refractivity contribution in [2.45, 2.75) is 13.3 Å². The number of fused-ring (bicyclic) bond motifs is 1. The lowest BCUT2D eigenvalue weighted by Gasteiger charge is -1.95. The summed E-state index contributed by atoms with van der Waals surface area (Å²) in [7, 11) is 0. The van der Waals surface area contributed by atoms with E-state index >= 15 is 0 Å². The first-order valence-electron chi connectivity index (χ1n) is 3.69. The average Bonchev–Trinajstić information content (AvgIpc) is 2.50. The van der Waals surface area contributed by atoms with Crippen LogP contribution in [-0.4, -0.2) is 14.6 Å². The molecule has 0 radical (unpaired) electrons. The number of aryl methyl sites for hydroxylation is 1. The van der Waals surface area contributed by atoms with Crippen LogP contribution in [-0.2, 0) is 6.42 Å². The first-order chi connectivity index (χ1) is 5.40. The summed E-state index contributed by atoms with van der Waals surface area (Å²) >= 11 is 0. The molecule has 0 N–H and O–H groups in total. The fraction of sp³-hybridized carbons (Fsp3) is 0.250. The van der Waals surface area contributed by atoms with Gasteiger partial charge in [-0.15, -0.1) is 0 Å². The SMILES string of the molecule is CCc1cnc2cccn2n1. The molecule has 0 aliphatic rings. The minimum absolute atomic E-state index is 0.905. The van der Waals surface area contributed by atoms with Crippen LogP contribution in [0.4, 0.5) is 0 Å². The second-order valence-corrected chi connectivity index (χ2v) is 2.41. The van der Waals surface area contributed by atoms with Crippen LogP contribution in [0.15, 0.2) is 24.5 Å². The van der Waals surface area contributed by atoms with Crippen molar-refractivity contribution >= 4 is 5.65 Å². The lowest BCUT2D eigenvalue weighted by molar-refractivity contribution is 0.839. The molecule has 0 aliphatic heterocycles. The van der Waals surface area contributed by atoms with Crippen LogP contribution in [0.5, 0.6) is 0 Å². The van der Waals surface area contributed by atoms with Crippen LogP contribution in [0.3, 0.4) is 0 Å². The Balaban J connectivity index is 2.67. The molecular formula is C8H9N3. The Morgan fingerprint density at radius 3 is 3.27 bits per heavy atom. The molecule has 11 heavy (non-hydrogen) atoms. The van der Waals surface area contributed by atoms with Crippen molar-refractivity contribution in [2.24, 2.45) is 0 Å². The Morgan fingerprint density at radius 1 is 1.55 bits per heavy atom. The number of aromatic nitrogens is 3. The molecule has 2 rings (SSSR count). The Bertz CT molecular complexity index is 364. The van der Waals surface area contributed by atoms with Gasteiger partial charge in [-0.05, 0) is 18.6 Å². The summed E-state index contributed by atoms with van der Waals surface area (Å²) in [6.07, 6.45) is 4.65. The first kappa shape index (κ1) is 6.34. The molecule has 3 nitrogen and oxygen atoms in total. The van der Waals surface area contributed by atoms with Crippen molar-refractivity contribution in [3.63, 3.8) is 0 Å². The van der Waals surface area contributed by atoms with Crippen LogP contribution in [0.25, 0.3) is 5.65 Å². The van der Waals surface area contributed by atoms with E-state index in [0.29, 0.717) is 0 Å². The van der Waals surface area contributed by atoms with Gasteiger partial charge in [0.15, 0.2) is 5.65 Å². The molecule has 0 unspecified atom stereocenters. The Labute approximate surface area is 64.7 Å². The summed E-state index contributed by atoms with van der Waals surface area (Å²) in [6, 6.07) is 3.88. The molecule has 0 fully saturated rings. The second kappa shape index (κ2) is 2.34. The maximum absolute atomic E-state index is 4.31. The zero-order valence-corrected chi connectivity index (χ0v) is 6.36. The summed E-state index contributed by atoms with van der Waals surface area (Å²) in [5.41, 5.74) is 1.93. The zero-order chi connectivity index (χ0) is 7.68. The molecule has 0 amide bonds. The molecule has 0 bridgehead atoms. The molecule has 0 spiro atoms. The Hall–Kier alpha value is -1.38. The predicted molar refractivity (Wildman–Crippen MR) is 42.4 cm³/mol. The monoisotopic (exact) mass is 147 g/mol. The van der Waals surface area contributed by atoms with Crippen LogP contribution in [0, 0.1) is 0 Å². The van der Waals surface area contributed by atoms with E-state index in [1.54, 1.807) is 4.52 Å². The van der Waals surface area contributed by atoms with Gasteiger partial charge in [0.05, 0.1) is 11.9 Å². The molecule has 2 aromatic heterocycles. The molecule has 0 aliphatic carbocycles. The second-order valence-electron chi connectivity index (χ2n) is 2.41. The van der Waals surface area contributed by atoms with Gasteiger partial charge in [0, 0.05) is 6.20 Å². The zero-order valence-electron chi connectivity index (χ0n) is 6.36. The van der Waals surface area contributed by atoms with E-state index in [1.807, 2.05) is 24.5 Å². The van der Waals surface area contributed by atoms with E-state index in [9.17, 15) is 0 Å². The molecule has 2 aromatic rings. The van der Waals surface area contributed by atoms with Crippen LogP contribution in [0.2, 0.25) is 0 Å². The van der Waals surface area contributed by atoms with Crippen molar-refractivity contribution in [3.05, 3.63) is 30.2 Å². The van der Waals surface area contributed by atoms with Crippen molar-refractivity contribution in [1.82, 2.24) is 14.6 Å². The van der Waals surface area contributed by atoms with E-state index in [0.717, 1.165) is 17.8 Å². The lowest BCUT2D eigenvalue weighted by atomic mass is 10.4. The van der Waals surface area contributed by atoms with Gasteiger partial charge in [-0.3, -0.25) is 0 Å². The highest BCUT2D eigenvalue weighted by atomic mass is 15.2. The van der Waals surface area contributed by atoms with E-state index in [1.165, 1.54) is 0 Å². The third-order valence-corrected chi connectivity index (χ3v) is 1.65. The number of hydrogen-bond acceptors (Lipinski definition) is 2. The number of nitrogens with zero attached hydrogens (tertiary/aromatic N) is 3. The van der Waals surface area contributed by atoms with E-state index in [-0.39, 0.29) is 0 Å². The van der Waals surface area contributed by atoms with Crippen molar-refractivity contribution in [3.8, 4) is 0 Å². The van der Waals surface area contributed by atoms with Gasteiger partial charge in [-0.25, -0.2) is 9.50 Å². The van der Waals surface area contributed by atoms with Crippen LogP contribution in [0.1, 0.15) is 12.6 Å².